The first-order valence-corrected chi connectivity index (χ1v) is 14.7. The third-order valence-electron chi connectivity index (χ3n) is 6.48. The van der Waals surface area contributed by atoms with E-state index in [1.165, 1.54) is 18.9 Å². The Morgan fingerprint density at radius 2 is 1.71 bits per heavy atom. The van der Waals surface area contributed by atoms with Gasteiger partial charge in [-0.15, -0.1) is 5.10 Å². The maximum atomic E-state index is 13.0. The van der Waals surface area contributed by atoms with Crippen LogP contribution in [-0.2, 0) is 21.9 Å². The first-order valence-electron chi connectivity index (χ1n) is 12.9. The number of benzene rings is 3. The number of nitrogens with one attached hydrogen (secondary N) is 1. The molecule has 0 saturated heterocycles. The van der Waals surface area contributed by atoms with Gasteiger partial charge in [-0.3, -0.25) is 0 Å². The minimum atomic E-state index is -0.613. The molecule has 2 heterocycles. The average Bonchev–Trinajstić information content (AvgIpc) is 3.38. The second kappa shape index (κ2) is 12.9. The number of halogens is 2. The molecule has 0 saturated carbocycles. The minimum Gasteiger partial charge on any atom is -0.490 e. The van der Waals surface area contributed by atoms with E-state index < -0.39 is 12.0 Å². The van der Waals surface area contributed by atoms with Crippen molar-refractivity contribution in [2.75, 3.05) is 19.0 Å². The summed E-state index contributed by atoms with van der Waals surface area (Å²) in [6.07, 6.45) is 0. The number of methoxy groups -OCH3 is 1. The lowest BCUT2D eigenvalue weighted by atomic mass is 9.95. The van der Waals surface area contributed by atoms with Crippen LogP contribution in [0.2, 0.25) is 10.0 Å². The second-order valence-electron chi connectivity index (χ2n) is 9.12. The molecule has 4 aromatic rings. The zero-order valence-corrected chi connectivity index (χ0v) is 25.0. The number of thioether (sulfide) groups is 1. The van der Waals surface area contributed by atoms with Gasteiger partial charge in [0.05, 0.1) is 19.3 Å². The molecular weight excluding hydrogens is 583 g/mol. The highest BCUT2D eigenvalue weighted by atomic mass is 35.5. The normalized spacial score (nSPS) is 14.3. The van der Waals surface area contributed by atoms with E-state index >= 15 is 0 Å². The molecule has 8 nitrogen and oxygen atoms in total. The van der Waals surface area contributed by atoms with Crippen molar-refractivity contribution in [2.24, 2.45) is 0 Å². The quantitative estimate of drug-likeness (QED) is 0.148. The van der Waals surface area contributed by atoms with E-state index in [4.69, 9.17) is 47.5 Å². The Morgan fingerprint density at radius 3 is 2.39 bits per heavy atom. The number of fused-ring (bicyclic) bond motifs is 1. The molecule has 0 aliphatic carbocycles. The number of carbonyl (C=O) groups excluding carboxylic acids is 1. The summed E-state index contributed by atoms with van der Waals surface area (Å²) in [5.41, 5.74) is 3.64. The molecule has 1 unspecified atom stereocenters. The first-order chi connectivity index (χ1) is 19.9. The van der Waals surface area contributed by atoms with Crippen LogP contribution in [0, 0.1) is 0 Å². The summed E-state index contributed by atoms with van der Waals surface area (Å²) >= 11 is 14.1. The predicted octanol–water partition coefficient (Wildman–Crippen LogP) is 7.32. The van der Waals surface area contributed by atoms with Crippen LogP contribution in [0.3, 0.4) is 0 Å². The molecule has 5 rings (SSSR count). The van der Waals surface area contributed by atoms with Gasteiger partial charge < -0.3 is 19.5 Å². The molecule has 212 valence electrons. The highest BCUT2D eigenvalue weighted by Crippen LogP contribution is 2.40. The number of allylic oxidation sites excluding steroid dienone is 1. The third-order valence-corrected chi connectivity index (χ3v) is 8.10. The molecule has 1 aliphatic rings. The number of ether oxygens (including phenoxy) is 3. The predicted molar refractivity (Wildman–Crippen MR) is 161 cm³/mol. The van der Waals surface area contributed by atoms with Crippen LogP contribution in [0.5, 0.6) is 11.5 Å². The molecular formula is C30H28Cl2N4O4S. The van der Waals surface area contributed by atoms with Crippen LogP contribution in [0.25, 0.3) is 0 Å². The molecule has 1 atom stereocenters. The summed E-state index contributed by atoms with van der Waals surface area (Å²) in [6, 6.07) is 20.1. The van der Waals surface area contributed by atoms with Crippen LogP contribution in [0.1, 0.15) is 36.6 Å². The number of anilines is 1. The van der Waals surface area contributed by atoms with Gasteiger partial charge in [0.1, 0.15) is 12.6 Å². The first kappa shape index (κ1) is 28.9. The van der Waals surface area contributed by atoms with Gasteiger partial charge in [0.2, 0.25) is 11.1 Å². The van der Waals surface area contributed by atoms with Gasteiger partial charge >= 0.3 is 5.97 Å². The van der Waals surface area contributed by atoms with Crippen molar-refractivity contribution < 1.29 is 19.0 Å². The maximum Gasteiger partial charge on any atom is 0.338 e. The number of nitrogens with zero attached hydrogens (tertiary/aromatic N) is 3. The van der Waals surface area contributed by atoms with Crippen molar-refractivity contribution in [3.05, 3.63) is 105 Å². The SMILES string of the molecule is CCOc1cc(C2C(C(=O)OC)=C(C)Nc3nc(SCc4ccccc4Cl)nn32)ccc1OCc1ccccc1Cl. The van der Waals surface area contributed by atoms with Gasteiger partial charge in [0.25, 0.3) is 0 Å². The van der Waals surface area contributed by atoms with E-state index in [0.717, 1.165) is 16.7 Å². The van der Waals surface area contributed by atoms with Crippen molar-refractivity contribution in [3.63, 3.8) is 0 Å². The van der Waals surface area contributed by atoms with E-state index in [9.17, 15) is 4.79 Å². The molecule has 1 N–H and O–H groups in total. The Bertz CT molecular complexity index is 1610. The van der Waals surface area contributed by atoms with Gasteiger partial charge in [-0.1, -0.05) is 77.4 Å². The molecule has 0 radical (unpaired) electrons. The van der Waals surface area contributed by atoms with Crippen molar-refractivity contribution in [2.45, 2.75) is 37.4 Å². The largest absolute Gasteiger partial charge is 0.490 e. The number of aromatic nitrogens is 3. The van der Waals surface area contributed by atoms with Gasteiger partial charge in [0.15, 0.2) is 11.5 Å². The number of hydrogen-bond donors (Lipinski definition) is 1. The fraction of sp³-hybridized carbons (Fsp3) is 0.233. The monoisotopic (exact) mass is 610 g/mol. The molecule has 1 aromatic heterocycles. The molecule has 0 spiro atoms. The van der Waals surface area contributed by atoms with Gasteiger partial charge in [-0.05, 0) is 49.2 Å². The van der Waals surface area contributed by atoms with Crippen LogP contribution >= 0.6 is 35.0 Å². The summed E-state index contributed by atoms with van der Waals surface area (Å²) in [7, 11) is 1.36. The van der Waals surface area contributed by atoms with Gasteiger partial charge in [-0.25, -0.2) is 9.48 Å². The lowest BCUT2D eigenvalue weighted by Crippen LogP contribution is -2.29. The van der Waals surface area contributed by atoms with Crippen molar-refractivity contribution in [3.8, 4) is 11.5 Å². The number of carbonyl (C=O) groups is 1. The van der Waals surface area contributed by atoms with Crippen molar-refractivity contribution >= 4 is 46.9 Å². The molecule has 1 aliphatic heterocycles. The maximum absolute atomic E-state index is 13.0. The van der Waals surface area contributed by atoms with E-state index in [2.05, 4.69) is 5.32 Å². The van der Waals surface area contributed by atoms with Crippen LogP contribution in [0.4, 0.5) is 5.95 Å². The molecule has 11 heteroatoms. The Labute approximate surface area is 252 Å². The Hall–Kier alpha value is -3.66. The number of hydrogen-bond acceptors (Lipinski definition) is 8. The van der Waals surface area contributed by atoms with Crippen molar-refractivity contribution in [1.82, 2.24) is 14.8 Å². The summed E-state index contributed by atoms with van der Waals surface area (Å²) in [6.45, 7) is 4.42. The summed E-state index contributed by atoms with van der Waals surface area (Å²) in [5, 5.41) is 9.84. The van der Waals surface area contributed by atoms with E-state index in [-0.39, 0.29) is 6.61 Å². The fourth-order valence-electron chi connectivity index (χ4n) is 4.49. The lowest BCUT2D eigenvalue weighted by Gasteiger charge is -2.28. The Morgan fingerprint density at radius 1 is 1.00 bits per heavy atom. The van der Waals surface area contributed by atoms with Gasteiger partial charge in [-0.2, -0.15) is 4.98 Å². The number of rotatable bonds is 10. The Kier molecular flexibility index (Phi) is 9.07. The summed E-state index contributed by atoms with van der Waals surface area (Å²) in [4.78, 5) is 17.7. The molecule has 0 bridgehead atoms. The Balaban J connectivity index is 1.49. The highest BCUT2D eigenvalue weighted by Gasteiger charge is 2.35. The van der Waals surface area contributed by atoms with E-state index in [1.54, 1.807) is 4.68 Å². The summed E-state index contributed by atoms with van der Waals surface area (Å²) in [5.74, 6) is 1.73. The fourth-order valence-corrected chi connectivity index (χ4v) is 5.79. The molecule has 3 aromatic carbocycles. The molecule has 0 amide bonds. The van der Waals surface area contributed by atoms with E-state index in [0.29, 0.717) is 56.3 Å². The summed E-state index contributed by atoms with van der Waals surface area (Å²) < 4.78 is 18.9. The topological polar surface area (TPSA) is 87.5 Å². The van der Waals surface area contributed by atoms with Crippen LogP contribution in [0.15, 0.2) is 83.2 Å². The standard InChI is InChI=1S/C30H28Cl2N4O4S/c1-4-39-25-15-19(13-14-24(25)40-16-20-9-5-7-11-22(20)31)27-26(28(37)38-3)18(2)33-29-34-30(35-36(27)29)41-17-21-10-6-8-12-23(21)32/h5-15,27H,4,16-17H2,1-3H3,(H,33,34,35). The van der Waals surface area contributed by atoms with Crippen molar-refractivity contribution in [1.29, 1.82) is 0 Å². The molecule has 41 heavy (non-hydrogen) atoms. The average molecular weight is 612 g/mol. The minimum absolute atomic E-state index is 0.276. The zero-order valence-electron chi connectivity index (χ0n) is 22.7. The second-order valence-corrected chi connectivity index (χ2v) is 10.9. The highest BCUT2D eigenvalue weighted by molar-refractivity contribution is 7.98. The third kappa shape index (κ3) is 6.32. The lowest BCUT2D eigenvalue weighted by molar-refractivity contribution is -0.136. The number of esters is 1. The zero-order chi connectivity index (χ0) is 28.9. The smallest absolute Gasteiger partial charge is 0.338 e. The van der Waals surface area contributed by atoms with Crippen LogP contribution in [-0.4, -0.2) is 34.5 Å². The van der Waals surface area contributed by atoms with Crippen LogP contribution < -0.4 is 14.8 Å². The molecule has 0 fully saturated rings. The van der Waals surface area contributed by atoms with Gasteiger partial charge in [0, 0.05) is 27.1 Å². The van der Waals surface area contributed by atoms with E-state index in [1.807, 2.05) is 80.6 Å².